The highest BCUT2D eigenvalue weighted by Gasteiger charge is 2.17. The minimum Gasteiger partial charge on any atom is -0.365 e. The van der Waals surface area contributed by atoms with Gasteiger partial charge < -0.3 is 16.0 Å². The van der Waals surface area contributed by atoms with E-state index in [0.717, 1.165) is 46.2 Å². The number of hydrogen-bond donors (Lipinski definition) is 3. The summed E-state index contributed by atoms with van der Waals surface area (Å²) in [5.41, 5.74) is 1.97. The Labute approximate surface area is 136 Å². The number of thiophene rings is 1. The zero-order chi connectivity index (χ0) is 14.9. The predicted octanol–water partition coefficient (Wildman–Crippen LogP) is 2.97. The molecule has 4 rings (SSSR count). The van der Waals surface area contributed by atoms with Crippen LogP contribution in [0.25, 0.3) is 10.2 Å². The fourth-order valence-electron chi connectivity index (χ4n) is 2.52. The van der Waals surface area contributed by atoms with Crippen LogP contribution in [0.4, 0.5) is 16.8 Å². The van der Waals surface area contributed by atoms with Gasteiger partial charge in [0.05, 0.1) is 15.9 Å². The highest BCUT2D eigenvalue weighted by atomic mass is 32.1. The third-order valence-electron chi connectivity index (χ3n) is 3.57. The number of aryl methyl sites for hydroxylation is 1. The molecule has 8 heteroatoms. The van der Waals surface area contributed by atoms with Crippen molar-refractivity contribution in [1.82, 2.24) is 19.7 Å². The molecular formula is C14H16N6S2. The largest absolute Gasteiger partial charge is 0.365 e. The average molecular weight is 332 g/mol. The zero-order valence-electron chi connectivity index (χ0n) is 12.1. The molecule has 1 atom stereocenters. The Morgan fingerprint density at radius 1 is 1.36 bits per heavy atom. The molecule has 6 nitrogen and oxygen atoms in total. The van der Waals surface area contributed by atoms with Gasteiger partial charge in [-0.25, -0.2) is 4.98 Å². The predicted molar refractivity (Wildman–Crippen MR) is 92.4 cm³/mol. The van der Waals surface area contributed by atoms with E-state index in [4.69, 9.17) is 0 Å². The van der Waals surface area contributed by atoms with Crippen LogP contribution >= 0.6 is 22.9 Å². The summed E-state index contributed by atoms with van der Waals surface area (Å²) >= 11 is 3.09. The number of rotatable bonds is 4. The number of anilines is 3. The fraction of sp³-hybridized carbons (Fsp3) is 0.357. The van der Waals surface area contributed by atoms with Gasteiger partial charge >= 0.3 is 0 Å². The van der Waals surface area contributed by atoms with Crippen LogP contribution in [-0.2, 0) is 0 Å². The number of nitrogens with one attached hydrogen (secondary N) is 3. The van der Waals surface area contributed by atoms with Crippen LogP contribution in [0.3, 0.4) is 0 Å². The van der Waals surface area contributed by atoms with E-state index in [9.17, 15) is 0 Å². The standard InChI is InChI=1S/C14H16N6S2/c1-8-6-11(22-20-8)18-14-17-10-3-5-21-12(10)13(19-14)16-9-2-4-15-7-9/h3,5-6,9,15H,2,4,7H2,1H3,(H2,16,17,18,19). The molecular weight excluding hydrogens is 316 g/mol. The Kier molecular flexibility index (Phi) is 3.65. The molecule has 1 aliphatic rings. The van der Waals surface area contributed by atoms with E-state index in [-0.39, 0.29) is 0 Å². The molecule has 0 aliphatic carbocycles. The summed E-state index contributed by atoms with van der Waals surface area (Å²) in [5.74, 6) is 1.53. The van der Waals surface area contributed by atoms with Gasteiger partial charge in [-0.3, -0.25) is 0 Å². The maximum absolute atomic E-state index is 4.67. The van der Waals surface area contributed by atoms with Crippen LogP contribution < -0.4 is 16.0 Å². The molecule has 1 unspecified atom stereocenters. The van der Waals surface area contributed by atoms with Crippen LogP contribution in [0.5, 0.6) is 0 Å². The molecule has 114 valence electrons. The Bertz CT molecular complexity index is 790. The van der Waals surface area contributed by atoms with E-state index >= 15 is 0 Å². The molecule has 3 N–H and O–H groups in total. The van der Waals surface area contributed by atoms with Gasteiger partial charge in [0.2, 0.25) is 5.95 Å². The van der Waals surface area contributed by atoms with Gasteiger partial charge in [0, 0.05) is 12.6 Å². The van der Waals surface area contributed by atoms with Gasteiger partial charge in [0.15, 0.2) is 0 Å². The number of fused-ring (bicyclic) bond motifs is 1. The lowest BCUT2D eigenvalue weighted by atomic mass is 10.2. The van der Waals surface area contributed by atoms with E-state index in [0.29, 0.717) is 12.0 Å². The van der Waals surface area contributed by atoms with Crippen molar-refractivity contribution < 1.29 is 0 Å². The second kappa shape index (κ2) is 5.79. The monoisotopic (exact) mass is 332 g/mol. The minimum absolute atomic E-state index is 0.429. The molecule has 1 fully saturated rings. The summed E-state index contributed by atoms with van der Waals surface area (Å²) in [6.45, 7) is 4.01. The average Bonchev–Trinajstić information content (AvgIpc) is 3.21. The van der Waals surface area contributed by atoms with Gasteiger partial charge in [-0.05, 0) is 48.9 Å². The second-order valence-corrected chi connectivity index (χ2v) is 7.04. The van der Waals surface area contributed by atoms with Crippen molar-refractivity contribution in [3.63, 3.8) is 0 Å². The van der Waals surface area contributed by atoms with Crippen molar-refractivity contribution in [3.05, 3.63) is 23.2 Å². The topological polar surface area (TPSA) is 74.8 Å². The zero-order valence-corrected chi connectivity index (χ0v) is 13.7. The molecule has 4 heterocycles. The van der Waals surface area contributed by atoms with E-state index in [2.05, 4.69) is 35.7 Å². The van der Waals surface area contributed by atoms with Crippen molar-refractivity contribution in [2.24, 2.45) is 0 Å². The van der Waals surface area contributed by atoms with Gasteiger partial charge in [-0.1, -0.05) is 0 Å². The number of aromatic nitrogens is 3. The second-order valence-electron chi connectivity index (χ2n) is 5.32. The summed E-state index contributed by atoms with van der Waals surface area (Å²) in [5, 5.41) is 13.2. The molecule has 1 saturated heterocycles. The molecule has 0 radical (unpaired) electrons. The van der Waals surface area contributed by atoms with E-state index in [1.165, 1.54) is 11.5 Å². The Morgan fingerprint density at radius 3 is 3.09 bits per heavy atom. The Morgan fingerprint density at radius 2 is 2.32 bits per heavy atom. The minimum atomic E-state index is 0.429. The van der Waals surface area contributed by atoms with Crippen molar-refractivity contribution >= 4 is 49.9 Å². The van der Waals surface area contributed by atoms with Crippen molar-refractivity contribution in [3.8, 4) is 0 Å². The van der Waals surface area contributed by atoms with Crippen molar-refractivity contribution in [2.45, 2.75) is 19.4 Å². The summed E-state index contributed by atoms with van der Waals surface area (Å²) in [6.07, 6.45) is 1.12. The first-order valence-corrected chi connectivity index (χ1v) is 8.86. The van der Waals surface area contributed by atoms with E-state index in [1.54, 1.807) is 11.3 Å². The molecule has 0 saturated carbocycles. The number of nitrogens with zero attached hydrogens (tertiary/aromatic N) is 3. The first-order valence-electron chi connectivity index (χ1n) is 7.21. The third-order valence-corrected chi connectivity index (χ3v) is 5.27. The maximum Gasteiger partial charge on any atom is 0.230 e. The van der Waals surface area contributed by atoms with Gasteiger partial charge in [0.1, 0.15) is 10.8 Å². The van der Waals surface area contributed by atoms with E-state index < -0.39 is 0 Å². The third kappa shape index (κ3) is 2.77. The maximum atomic E-state index is 4.67. The van der Waals surface area contributed by atoms with Gasteiger partial charge in [0.25, 0.3) is 0 Å². The first-order chi connectivity index (χ1) is 10.8. The molecule has 0 spiro atoms. The lowest BCUT2D eigenvalue weighted by molar-refractivity contribution is 0.789. The van der Waals surface area contributed by atoms with Crippen LogP contribution in [0.15, 0.2) is 17.5 Å². The number of hydrogen-bond acceptors (Lipinski definition) is 8. The highest BCUT2D eigenvalue weighted by molar-refractivity contribution is 7.17. The van der Waals surface area contributed by atoms with Crippen LogP contribution in [0.1, 0.15) is 12.1 Å². The summed E-state index contributed by atoms with van der Waals surface area (Å²) in [6, 6.07) is 4.46. The van der Waals surface area contributed by atoms with Crippen LogP contribution in [0, 0.1) is 6.92 Å². The molecule has 1 aliphatic heterocycles. The first kappa shape index (κ1) is 13.9. The SMILES string of the molecule is Cc1cc(Nc2nc(NC3CCNC3)c3sccc3n2)sn1. The molecule has 0 amide bonds. The lowest BCUT2D eigenvalue weighted by Gasteiger charge is -2.13. The molecule has 0 aromatic carbocycles. The highest BCUT2D eigenvalue weighted by Crippen LogP contribution is 2.29. The quantitative estimate of drug-likeness (QED) is 0.682. The molecule has 0 bridgehead atoms. The van der Waals surface area contributed by atoms with Crippen molar-refractivity contribution in [1.29, 1.82) is 0 Å². The van der Waals surface area contributed by atoms with Gasteiger partial charge in [-0.15, -0.1) is 11.3 Å². The summed E-state index contributed by atoms with van der Waals surface area (Å²) < 4.78 is 5.38. The molecule has 22 heavy (non-hydrogen) atoms. The van der Waals surface area contributed by atoms with Crippen LogP contribution in [0.2, 0.25) is 0 Å². The lowest BCUT2D eigenvalue weighted by Crippen LogP contribution is -2.23. The van der Waals surface area contributed by atoms with E-state index in [1.807, 2.05) is 19.1 Å². The molecule has 3 aromatic rings. The summed E-state index contributed by atoms with van der Waals surface area (Å²) in [4.78, 5) is 9.26. The van der Waals surface area contributed by atoms with Gasteiger partial charge in [-0.2, -0.15) is 9.36 Å². The summed E-state index contributed by atoms with van der Waals surface area (Å²) in [7, 11) is 0. The molecule has 3 aromatic heterocycles. The van der Waals surface area contributed by atoms with Crippen LogP contribution in [-0.4, -0.2) is 33.5 Å². The Hall–Kier alpha value is -1.77. The van der Waals surface area contributed by atoms with Crippen molar-refractivity contribution in [2.75, 3.05) is 23.7 Å². The normalized spacial score (nSPS) is 18.0. The smallest absolute Gasteiger partial charge is 0.230 e. The Balaban J connectivity index is 1.66. The fourth-order valence-corrected chi connectivity index (χ4v) is 3.96.